The molecule has 2 aromatic rings. The Morgan fingerprint density at radius 2 is 2.00 bits per heavy atom. The molecule has 2 N–H and O–H groups in total. The van der Waals surface area contributed by atoms with Crippen LogP contribution < -0.4 is 10.6 Å². The van der Waals surface area contributed by atoms with Crippen molar-refractivity contribution >= 4 is 17.5 Å². The summed E-state index contributed by atoms with van der Waals surface area (Å²) in [4.78, 5) is 14.8. The number of nitrogens with zero attached hydrogens (tertiary/aromatic N) is 1. The minimum absolute atomic E-state index is 0.0295. The van der Waals surface area contributed by atoms with Crippen molar-refractivity contribution in [2.75, 3.05) is 26.8 Å². The van der Waals surface area contributed by atoms with Gasteiger partial charge in [-0.3, -0.25) is 9.69 Å². The first-order valence-electron chi connectivity index (χ1n) is 9.88. The van der Waals surface area contributed by atoms with Crippen LogP contribution in [0, 0.1) is 11.6 Å². The number of ether oxygens (including phenoxy) is 1. The fraction of sp³-hybridized carbons (Fsp3) is 0.409. The molecule has 1 fully saturated rings. The molecule has 2 atom stereocenters. The zero-order chi connectivity index (χ0) is 21.5. The third kappa shape index (κ3) is 6.22. The molecule has 0 radical (unpaired) electrons. The molecule has 2 aromatic carbocycles. The molecule has 1 saturated heterocycles. The predicted molar refractivity (Wildman–Crippen MR) is 112 cm³/mol. The highest BCUT2D eigenvalue weighted by Crippen LogP contribution is 2.22. The molecule has 8 heteroatoms. The Morgan fingerprint density at radius 3 is 2.73 bits per heavy atom. The van der Waals surface area contributed by atoms with Gasteiger partial charge in [0, 0.05) is 49.9 Å². The SMILES string of the molecule is COCCNC(=O)[C@@H]1C[C@H](NCc2cc(F)ccc2F)CN1Cc1ccc(Cl)cc1. The summed E-state index contributed by atoms with van der Waals surface area (Å²) in [7, 11) is 1.58. The molecular weight excluding hydrogens is 412 g/mol. The van der Waals surface area contributed by atoms with Crippen molar-refractivity contribution in [3.63, 3.8) is 0 Å². The standard InChI is InChI=1S/C22H26ClF2N3O2/c1-30-9-8-26-22(29)21-11-19(27-12-16-10-18(24)6-7-20(16)25)14-28(21)13-15-2-4-17(23)5-3-15/h2-7,10,19,21,27H,8-9,11-14H2,1H3,(H,26,29)/t19-,21-/m0/s1. The van der Waals surface area contributed by atoms with Crippen LogP contribution in [0.3, 0.4) is 0 Å². The lowest BCUT2D eigenvalue weighted by Crippen LogP contribution is -2.43. The number of nitrogens with one attached hydrogen (secondary N) is 2. The maximum atomic E-state index is 13.9. The van der Waals surface area contributed by atoms with Gasteiger partial charge in [-0.05, 0) is 42.3 Å². The summed E-state index contributed by atoms with van der Waals surface area (Å²) in [6.07, 6.45) is 0.573. The molecule has 0 unspecified atom stereocenters. The number of amides is 1. The highest BCUT2D eigenvalue weighted by atomic mass is 35.5. The molecule has 5 nitrogen and oxygen atoms in total. The molecule has 30 heavy (non-hydrogen) atoms. The van der Waals surface area contributed by atoms with Gasteiger partial charge >= 0.3 is 0 Å². The number of hydrogen-bond donors (Lipinski definition) is 2. The van der Waals surface area contributed by atoms with E-state index >= 15 is 0 Å². The Labute approximate surface area is 180 Å². The second kappa shape index (κ2) is 10.8. The van der Waals surface area contributed by atoms with Crippen molar-refractivity contribution in [2.24, 2.45) is 0 Å². The summed E-state index contributed by atoms with van der Waals surface area (Å²) in [5.74, 6) is -0.990. The molecule has 0 spiro atoms. The molecule has 1 aliphatic heterocycles. The Balaban J connectivity index is 1.66. The summed E-state index contributed by atoms with van der Waals surface area (Å²) < 4.78 is 32.3. The third-order valence-electron chi connectivity index (χ3n) is 5.20. The first-order chi connectivity index (χ1) is 14.5. The van der Waals surface area contributed by atoms with Crippen molar-refractivity contribution in [3.05, 3.63) is 70.2 Å². The van der Waals surface area contributed by atoms with E-state index in [9.17, 15) is 13.6 Å². The smallest absolute Gasteiger partial charge is 0.237 e. The number of hydrogen-bond acceptors (Lipinski definition) is 4. The second-order valence-electron chi connectivity index (χ2n) is 7.40. The summed E-state index contributed by atoms with van der Waals surface area (Å²) >= 11 is 5.97. The molecule has 0 aliphatic carbocycles. The van der Waals surface area contributed by atoms with E-state index in [1.165, 1.54) is 6.07 Å². The van der Waals surface area contributed by atoms with E-state index in [2.05, 4.69) is 15.5 Å². The van der Waals surface area contributed by atoms with Gasteiger partial charge in [0.1, 0.15) is 11.6 Å². The lowest BCUT2D eigenvalue weighted by Gasteiger charge is -2.23. The van der Waals surface area contributed by atoms with Gasteiger partial charge < -0.3 is 15.4 Å². The number of rotatable bonds is 9. The first-order valence-corrected chi connectivity index (χ1v) is 10.3. The Kier molecular flexibility index (Phi) is 8.16. The lowest BCUT2D eigenvalue weighted by molar-refractivity contribution is -0.125. The first kappa shape index (κ1) is 22.6. The van der Waals surface area contributed by atoms with Gasteiger partial charge in [0.15, 0.2) is 0 Å². The Bertz CT molecular complexity index is 851. The third-order valence-corrected chi connectivity index (χ3v) is 5.45. The second-order valence-corrected chi connectivity index (χ2v) is 7.84. The van der Waals surface area contributed by atoms with Crippen LogP contribution in [0.5, 0.6) is 0 Å². The molecule has 0 aromatic heterocycles. The summed E-state index contributed by atoms with van der Waals surface area (Å²) in [5, 5.41) is 6.82. The van der Waals surface area contributed by atoms with Crippen LogP contribution >= 0.6 is 11.6 Å². The highest BCUT2D eigenvalue weighted by Gasteiger charge is 2.36. The Hall–Kier alpha value is -2.06. The molecule has 1 aliphatic rings. The topological polar surface area (TPSA) is 53.6 Å². The minimum Gasteiger partial charge on any atom is -0.383 e. The number of carbonyl (C=O) groups is 1. The number of carbonyl (C=O) groups excluding carboxylic acids is 1. The zero-order valence-electron chi connectivity index (χ0n) is 16.8. The van der Waals surface area contributed by atoms with Crippen LogP contribution in [-0.4, -0.2) is 49.7 Å². The quantitative estimate of drug-likeness (QED) is 0.592. The molecule has 1 amide bonds. The number of halogens is 3. The van der Waals surface area contributed by atoms with Crippen LogP contribution in [0.25, 0.3) is 0 Å². The fourth-order valence-corrected chi connectivity index (χ4v) is 3.78. The van der Waals surface area contributed by atoms with Crippen molar-refractivity contribution in [2.45, 2.75) is 31.6 Å². The lowest BCUT2D eigenvalue weighted by atomic mass is 10.1. The normalized spacial score (nSPS) is 19.2. The number of benzene rings is 2. The van der Waals surface area contributed by atoms with E-state index < -0.39 is 11.6 Å². The molecule has 0 saturated carbocycles. The van der Waals surface area contributed by atoms with Crippen LogP contribution in [0.15, 0.2) is 42.5 Å². The van der Waals surface area contributed by atoms with Gasteiger partial charge in [-0.25, -0.2) is 8.78 Å². The zero-order valence-corrected chi connectivity index (χ0v) is 17.6. The highest BCUT2D eigenvalue weighted by molar-refractivity contribution is 6.30. The average molecular weight is 438 g/mol. The van der Waals surface area contributed by atoms with E-state index in [1.807, 2.05) is 24.3 Å². The average Bonchev–Trinajstić information content (AvgIpc) is 3.13. The largest absolute Gasteiger partial charge is 0.383 e. The van der Waals surface area contributed by atoms with Crippen molar-refractivity contribution < 1.29 is 18.3 Å². The van der Waals surface area contributed by atoms with E-state index in [-0.39, 0.29) is 30.1 Å². The van der Waals surface area contributed by atoms with Gasteiger partial charge in [-0.15, -0.1) is 0 Å². The maximum Gasteiger partial charge on any atom is 0.237 e. The van der Waals surface area contributed by atoms with Crippen LogP contribution in [0.4, 0.5) is 8.78 Å². The van der Waals surface area contributed by atoms with Gasteiger partial charge in [0.2, 0.25) is 5.91 Å². The van der Waals surface area contributed by atoms with Gasteiger partial charge in [-0.2, -0.15) is 0 Å². The monoisotopic (exact) mass is 437 g/mol. The minimum atomic E-state index is -0.473. The molecular formula is C22H26ClF2N3O2. The van der Waals surface area contributed by atoms with Crippen molar-refractivity contribution in [3.8, 4) is 0 Å². The number of methoxy groups -OCH3 is 1. The van der Waals surface area contributed by atoms with E-state index in [1.54, 1.807) is 7.11 Å². The molecule has 3 rings (SSSR count). The van der Waals surface area contributed by atoms with Gasteiger partial charge in [0.25, 0.3) is 0 Å². The summed E-state index contributed by atoms with van der Waals surface area (Å²) in [6, 6.07) is 10.6. The van der Waals surface area contributed by atoms with Gasteiger partial charge in [-0.1, -0.05) is 23.7 Å². The van der Waals surface area contributed by atoms with Crippen molar-refractivity contribution in [1.29, 1.82) is 0 Å². The van der Waals surface area contributed by atoms with Crippen LogP contribution in [0.2, 0.25) is 5.02 Å². The maximum absolute atomic E-state index is 13.9. The van der Waals surface area contributed by atoms with E-state index in [0.717, 1.165) is 17.7 Å². The molecule has 0 bridgehead atoms. The Morgan fingerprint density at radius 1 is 1.23 bits per heavy atom. The molecule has 1 heterocycles. The van der Waals surface area contributed by atoms with Gasteiger partial charge in [0.05, 0.1) is 12.6 Å². The van der Waals surface area contributed by atoms with Crippen LogP contribution in [-0.2, 0) is 22.6 Å². The van der Waals surface area contributed by atoms with Crippen molar-refractivity contribution in [1.82, 2.24) is 15.5 Å². The molecule has 162 valence electrons. The van der Waals surface area contributed by atoms with E-state index in [0.29, 0.717) is 37.7 Å². The van der Waals surface area contributed by atoms with Crippen LogP contribution in [0.1, 0.15) is 17.5 Å². The number of likely N-dealkylation sites (tertiary alicyclic amines) is 1. The summed E-state index contributed by atoms with van der Waals surface area (Å²) in [5.41, 5.74) is 1.32. The fourth-order valence-electron chi connectivity index (χ4n) is 3.65. The van der Waals surface area contributed by atoms with E-state index in [4.69, 9.17) is 16.3 Å². The predicted octanol–water partition coefficient (Wildman–Crippen LogP) is 3.11. The summed E-state index contributed by atoms with van der Waals surface area (Å²) in [6.45, 7) is 2.28.